The van der Waals surface area contributed by atoms with E-state index in [1.54, 1.807) is 32.9 Å². The second kappa shape index (κ2) is 20.8. The summed E-state index contributed by atoms with van der Waals surface area (Å²) >= 11 is 0. The van der Waals surface area contributed by atoms with Gasteiger partial charge in [-0.2, -0.15) is 0 Å². The highest BCUT2D eigenvalue weighted by Gasteiger charge is 2.39. The number of ether oxygens (including phenoxy) is 1. The summed E-state index contributed by atoms with van der Waals surface area (Å²) in [5.74, 6) is -7.33. The van der Waals surface area contributed by atoms with Crippen molar-refractivity contribution in [2.75, 3.05) is 6.54 Å². The van der Waals surface area contributed by atoms with Gasteiger partial charge in [0.25, 0.3) is 5.91 Å². The van der Waals surface area contributed by atoms with E-state index >= 15 is 0 Å². The van der Waals surface area contributed by atoms with Crippen LogP contribution in [0.5, 0.6) is 0 Å². The summed E-state index contributed by atoms with van der Waals surface area (Å²) in [5.41, 5.74) is 3.36. The molecule has 0 radical (unpaired) electrons. The third kappa shape index (κ3) is 12.8. The molecule has 0 spiro atoms. The van der Waals surface area contributed by atoms with Crippen LogP contribution in [0.2, 0.25) is 0 Å². The third-order valence-electron chi connectivity index (χ3n) is 9.94. The molecule has 0 aromatic heterocycles. The molecule has 2 bridgehead atoms. The number of aliphatic hydroxyl groups excluding tert-OH is 3. The second-order valence-corrected chi connectivity index (χ2v) is 14.7. The Morgan fingerprint density at radius 1 is 1.11 bits per heavy atom. The summed E-state index contributed by atoms with van der Waals surface area (Å²) < 4.78 is 20.2. The van der Waals surface area contributed by atoms with Gasteiger partial charge in [-0.25, -0.2) is 9.82 Å². The van der Waals surface area contributed by atoms with Crippen LogP contribution in [-0.4, -0.2) is 99.1 Å². The van der Waals surface area contributed by atoms with E-state index in [9.17, 15) is 48.5 Å². The summed E-state index contributed by atoms with van der Waals surface area (Å²) in [5, 5.41) is 39.0. The van der Waals surface area contributed by atoms with Crippen molar-refractivity contribution >= 4 is 35.8 Å². The van der Waals surface area contributed by atoms with Crippen LogP contribution in [0.3, 0.4) is 0 Å². The lowest BCUT2D eigenvalue weighted by Crippen LogP contribution is -2.62. The van der Waals surface area contributed by atoms with Gasteiger partial charge >= 0.3 is 5.97 Å². The average molecular weight is 759 g/mol. The van der Waals surface area contributed by atoms with Gasteiger partial charge in [-0.3, -0.25) is 29.0 Å². The minimum atomic E-state index is -1.44. The molecule has 1 saturated heterocycles. The van der Waals surface area contributed by atoms with Crippen molar-refractivity contribution in [3.63, 3.8) is 0 Å². The van der Waals surface area contributed by atoms with Gasteiger partial charge in [-0.05, 0) is 69.1 Å². The first-order valence-corrected chi connectivity index (χ1v) is 18.5. The van der Waals surface area contributed by atoms with Gasteiger partial charge in [-0.1, -0.05) is 45.1 Å². The Morgan fingerprint density at radius 2 is 1.83 bits per heavy atom. The number of fused-ring (bicyclic) bond motifs is 2. The van der Waals surface area contributed by atoms with Gasteiger partial charge in [0.2, 0.25) is 11.8 Å². The number of nitrogens with zero attached hydrogens (tertiary/aromatic N) is 1. The molecule has 2 aliphatic heterocycles. The van der Waals surface area contributed by atoms with Gasteiger partial charge in [0.1, 0.15) is 42.1 Å². The summed E-state index contributed by atoms with van der Waals surface area (Å²) in [6, 6.07) is -3.51. The fourth-order valence-corrected chi connectivity index (χ4v) is 6.64. The van der Waals surface area contributed by atoms with E-state index in [4.69, 9.17) is 4.74 Å². The van der Waals surface area contributed by atoms with Crippen LogP contribution in [-0.2, 0) is 33.5 Å². The van der Waals surface area contributed by atoms with E-state index in [0.717, 1.165) is 6.08 Å². The number of esters is 1. The van der Waals surface area contributed by atoms with Crippen molar-refractivity contribution in [1.82, 2.24) is 21.1 Å². The number of aldehydes is 1. The van der Waals surface area contributed by atoms with Crippen LogP contribution < -0.4 is 16.1 Å². The number of aliphatic hydroxyl groups is 3. The Bertz CT molecular complexity index is 1540. The maximum absolute atomic E-state index is 14.4. The van der Waals surface area contributed by atoms with E-state index in [0.29, 0.717) is 24.7 Å². The molecule has 298 valence electrons. The van der Waals surface area contributed by atoms with Gasteiger partial charge in [-0.15, -0.1) is 0 Å². The molecular weight excluding hydrogens is 703 g/mol. The molecule has 2 heterocycles. The number of ketones is 1. The number of halogens is 1. The van der Waals surface area contributed by atoms with E-state index in [1.165, 1.54) is 43.2 Å². The number of cyclic esters (lactones) is 1. The SMILES string of the molecule is CC(=O)CC[C@H]1C(=O)N[C@@H](C(C)C)C(=O)N[C@@H](CC2C=C(F)C=C(O)C2)C(=O)N2CCCC(N2)C(=O)O[C@H](/C(C)=C/C=O)C/C=C/C=C/[C@H](O)C(C)[C@H]1O. The number of carbonyl (C=O) groups excluding carboxylic acids is 6. The topological polar surface area (TPSA) is 212 Å². The minimum Gasteiger partial charge on any atom is -0.512 e. The van der Waals surface area contributed by atoms with Gasteiger partial charge in [0.15, 0.2) is 0 Å². The number of allylic oxidation sites excluding steroid dienone is 7. The molecule has 3 rings (SSSR count). The smallest absolute Gasteiger partial charge is 0.325 e. The molecule has 1 aliphatic carbocycles. The molecule has 0 saturated carbocycles. The first-order valence-electron chi connectivity index (χ1n) is 18.5. The predicted octanol–water partition coefficient (Wildman–Crippen LogP) is 2.73. The van der Waals surface area contributed by atoms with Crippen LogP contribution in [0.25, 0.3) is 0 Å². The Hall–Kier alpha value is -4.47. The molecule has 54 heavy (non-hydrogen) atoms. The summed E-state index contributed by atoms with van der Waals surface area (Å²) in [7, 11) is 0. The standard InChI is InChI=1S/C39H55FN4O10/c1-22(2)34-37(51)41-31(20-26-18-27(40)21-28(47)19-26)38(52)44-16-9-10-30(43-44)39(53)54-33(23(3)15-17-45)12-8-6-7-11-32(48)25(5)35(49)29(36(50)42-34)14-13-24(4)46/h6-8,11,15,17-18,21-22,25-26,29-35,43,47-49H,9-10,12-14,16,19-20H2,1-5H3,(H,41,51)(H,42,50)/b8-6+,11-7+,23-15+/t25?,26?,29-,30?,31+,32+,33+,34+,35-/m1/s1. The van der Waals surface area contributed by atoms with Crippen molar-refractivity contribution in [2.45, 2.75) is 116 Å². The monoisotopic (exact) mass is 758 g/mol. The van der Waals surface area contributed by atoms with Crippen LogP contribution in [0, 0.1) is 23.7 Å². The average Bonchev–Trinajstić information content (AvgIpc) is 3.11. The number of hydrogen-bond acceptors (Lipinski definition) is 11. The Kier molecular flexibility index (Phi) is 17.0. The Balaban J connectivity index is 2.06. The normalized spacial score (nSPS) is 32.5. The second-order valence-electron chi connectivity index (χ2n) is 14.7. The van der Waals surface area contributed by atoms with Gasteiger partial charge in [0.05, 0.1) is 23.9 Å². The lowest BCUT2D eigenvalue weighted by molar-refractivity contribution is -0.156. The molecule has 6 N–H and O–H groups in total. The molecule has 14 nitrogen and oxygen atoms in total. The van der Waals surface area contributed by atoms with Crippen LogP contribution in [0.4, 0.5) is 4.39 Å². The summed E-state index contributed by atoms with van der Waals surface area (Å²) in [6.45, 7) is 8.00. The van der Waals surface area contributed by atoms with Gasteiger partial charge < -0.3 is 35.5 Å². The fraction of sp³-hybridized carbons (Fsp3) is 0.590. The number of nitrogens with one attached hydrogen (secondary N) is 3. The first kappa shape index (κ1) is 43.9. The maximum atomic E-state index is 14.4. The lowest BCUT2D eigenvalue weighted by Gasteiger charge is -2.37. The number of hydrazine groups is 1. The lowest BCUT2D eigenvalue weighted by atomic mass is 9.84. The maximum Gasteiger partial charge on any atom is 0.325 e. The molecule has 3 unspecified atom stereocenters. The van der Waals surface area contributed by atoms with E-state index in [-0.39, 0.29) is 50.2 Å². The molecule has 15 heteroatoms. The summed E-state index contributed by atoms with van der Waals surface area (Å²) in [4.78, 5) is 78.6. The molecule has 0 aromatic carbocycles. The third-order valence-corrected chi connectivity index (χ3v) is 9.94. The molecule has 3 aliphatic rings. The molecule has 0 aromatic rings. The van der Waals surface area contributed by atoms with Crippen molar-refractivity contribution in [3.8, 4) is 0 Å². The fourth-order valence-electron chi connectivity index (χ4n) is 6.64. The first-order chi connectivity index (χ1) is 25.5. The number of carbonyl (C=O) groups is 6. The van der Waals surface area contributed by atoms with Crippen LogP contribution in [0.15, 0.2) is 59.7 Å². The largest absolute Gasteiger partial charge is 0.512 e. The number of Topliss-reactive ketones (excluding diaryl/α,β-unsaturated/α-hetero) is 1. The van der Waals surface area contributed by atoms with E-state index in [2.05, 4.69) is 16.1 Å². The molecular formula is C39H55FN4O10. The zero-order chi connectivity index (χ0) is 40.1. The highest BCUT2D eigenvalue weighted by molar-refractivity contribution is 5.93. The number of amides is 3. The number of hydrogen-bond donors (Lipinski definition) is 6. The van der Waals surface area contributed by atoms with Crippen molar-refractivity contribution < 1.29 is 53.2 Å². The summed E-state index contributed by atoms with van der Waals surface area (Å²) in [6.07, 6.45) is 7.31. The van der Waals surface area contributed by atoms with Crippen LogP contribution in [0.1, 0.15) is 79.6 Å². The number of rotatable bonds is 8. The molecule has 3 amide bonds. The predicted molar refractivity (Wildman–Crippen MR) is 196 cm³/mol. The zero-order valence-corrected chi connectivity index (χ0v) is 31.6. The highest BCUT2D eigenvalue weighted by Crippen LogP contribution is 2.27. The Labute approximate surface area is 315 Å². The minimum absolute atomic E-state index is 0.00176. The van der Waals surface area contributed by atoms with Crippen molar-refractivity contribution in [2.24, 2.45) is 23.7 Å². The van der Waals surface area contributed by atoms with E-state index < -0.39 is 89.6 Å². The quantitative estimate of drug-likeness (QED) is 0.120. The van der Waals surface area contributed by atoms with Crippen LogP contribution >= 0.6 is 0 Å². The highest BCUT2D eigenvalue weighted by atomic mass is 19.1. The van der Waals surface area contributed by atoms with Gasteiger partial charge in [0, 0.05) is 37.8 Å². The Morgan fingerprint density at radius 3 is 2.48 bits per heavy atom. The zero-order valence-electron chi connectivity index (χ0n) is 31.6. The van der Waals surface area contributed by atoms with E-state index in [1.807, 2.05) is 0 Å². The molecule has 9 atom stereocenters. The molecule has 1 fully saturated rings. The van der Waals surface area contributed by atoms with Crippen molar-refractivity contribution in [3.05, 3.63) is 59.7 Å². The van der Waals surface area contributed by atoms with Crippen molar-refractivity contribution in [1.29, 1.82) is 0 Å².